The first-order chi connectivity index (χ1) is 8.97. The predicted octanol–water partition coefficient (Wildman–Crippen LogP) is 1.34. The molecule has 6 heteroatoms. The van der Waals surface area contributed by atoms with Crippen LogP contribution in [-0.4, -0.2) is 21.2 Å². The molecule has 0 saturated carbocycles. The van der Waals surface area contributed by atoms with E-state index in [2.05, 4.69) is 15.5 Å². The number of hydrogen-bond acceptors (Lipinski definition) is 4. The Labute approximate surface area is 109 Å². The number of phenolic OH excluding ortho intramolecular Hbond substituents is 1. The minimum atomic E-state index is -0.426. The Morgan fingerprint density at radius 1 is 1.26 bits per heavy atom. The molecular weight excluding hydrogens is 246 g/mol. The molecule has 0 bridgehead atoms. The number of amides is 1. The van der Waals surface area contributed by atoms with Crippen molar-refractivity contribution < 1.29 is 9.90 Å². The summed E-state index contributed by atoms with van der Waals surface area (Å²) < 4.78 is 0. The number of carbonyl (C=O) groups excluding carboxylic acids is 1. The quantitative estimate of drug-likeness (QED) is 0.709. The summed E-state index contributed by atoms with van der Waals surface area (Å²) >= 11 is 0. The summed E-state index contributed by atoms with van der Waals surface area (Å²) in [6, 6.07) is 5.83. The van der Waals surface area contributed by atoms with Crippen molar-refractivity contribution in [1.29, 1.82) is 0 Å². The molecule has 0 aliphatic rings. The molecule has 1 aromatic heterocycles. The van der Waals surface area contributed by atoms with Crippen LogP contribution < -0.4 is 10.9 Å². The highest BCUT2D eigenvalue weighted by molar-refractivity contribution is 6.03. The zero-order valence-electron chi connectivity index (χ0n) is 10.5. The number of phenols is 1. The SMILES string of the molecule is Cc1cc(NC(=O)c2ccc(=O)[nH]n2)c(C)cc1O. The van der Waals surface area contributed by atoms with Gasteiger partial charge in [-0.1, -0.05) is 0 Å². The van der Waals surface area contributed by atoms with Crippen LogP contribution in [0.3, 0.4) is 0 Å². The molecule has 19 heavy (non-hydrogen) atoms. The summed E-state index contributed by atoms with van der Waals surface area (Å²) in [5, 5.41) is 18.1. The van der Waals surface area contributed by atoms with E-state index >= 15 is 0 Å². The summed E-state index contributed by atoms with van der Waals surface area (Å²) in [7, 11) is 0. The average Bonchev–Trinajstić information content (AvgIpc) is 2.36. The van der Waals surface area contributed by atoms with Gasteiger partial charge in [-0.15, -0.1) is 0 Å². The maximum atomic E-state index is 11.9. The fraction of sp³-hybridized carbons (Fsp3) is 0.154. The third kappa shape index (κ3) is 2.79. The van der Waals surface area contributed by atoms with Crippen molar-refractivity contribution >= 4 is 11.6 Å². The monoisotopic (exact) mass is 259 g/mol. The first-order valence-electron chi connectivity index (χ1n) is 5.64. The number of aryl methyl sites for hydroxylation is 2. The number of rotatable bonds is 2. The third-order valence-corrected chi connectivity index (χ3v) is 2.70. The lowest BCUT2D eigenvalue weighted by atomic mass is 10.1. The Balaban J connectivity index is 2.26. The summed E-state index contributed by atoms with van der Waals surface area (Å²) in [5.41, 5.74) is 1.74. The van der Waals surface area contributed by atoms with Gasteiger partial charge in [0.2, 0.25) is 0 Å². The first kappa shape index (κ1) is 12.8. The van der Waals surface area contributed by atoms with Crippen LogP contribution in [0.4, 0.5) is 5.69 Å². The van der Waals surface area contributed by atoms with Gasteiger partial charge >= 0.3 is 0 Å². The van der Waals surface area contributed by atoms with Crippen LogP contribution in [0, 0.1) is 13.8 Å². The minimum Gasteiger partial charge on any atom is -0.508 e. The molecule has 0 aliphatic carbocycles. The molecule has 98 valence electrons. The second kappa shape index (κ2) is 4.93. The minimum absolute atomic E-state index is 0.115. The fourth-order valence-corrected chi connectivity index (χ4v) is 1.59. The highest BCUT2D eigenvalue weighted by Gasteiger charge is 2.10. The van der Waals surface area contributed by atoms with Crippen molar-refractivity contribution in [2.75, 3.05) is 5.32 Å². The number of nitrogens with one attached hydrogen (secondary N) is 2. The van der Waals surface area contributed by atoms with E-state index in [0.717, 1.165) is 5.56 Å². The van der Waals surface area contributed by atoms with Crippen molar-refractivity contribution in [1.82, 2.24) is 10.2 Å². The Kier molecular flexibility index (Phi) is 3.33. The zero-order chi connectivity index (χ0) is 14.0. The van der Waals surface area contributed by atoms with Gasteiger partial charge in [-0.2, -0.15) is 5.10 Å². The van der Waals surface area contributed by atoms with Gasteiger partial charge in [0.05, 0.1) is 0 Å². The van der Waals surface area contributed by atoms with E-state index in [9.17, 15) is 14.7 Å². The number of anilines is 1. The van der Waals surface area contributed by atoms with Crippen LogP contribution in [0.1, 0.15) is 21.6 Å². The van der Waals surface area contributed by atoms with Crippen LogP contribution >= 0.6 is 0 Å². The van der Waals surface area contributed by atoms with E-state index < -0.39 is 5.91 Å². The molecule has 0 atom stereocenters. The fourth-order valence-electron chi connectivity index (χ4n) is 1.59. The second-order valence-corrected chi connectivity index (χ2v) is 4.21. The number of benzene rings is 1. The van der Waals surface area contributed by atoms with E-state index in [1.807, 2.05) is 0 Å². The molecule has 6 nitrogen and oxygen atoms in total. The standard InChI is InChI=1S/C13H13N3O3/c1-7-6-11(17)8(2)5-10(7)14-13(19)9-3-4-12(18)16-15-9/h3-6,17H,1-2H3,(H,14,19)(H,16,18). The molecule has 0 fully saturated rings. The van der Waals surface area contributed by atoms with Gasteiger partial charge in [-0.3, -0.25) is 9.59 Å². The highest BCUT2D eigenvalue weighted by atomic mass is 16.3. The van der Waals surface area contributed by atoms with Gasteiger partial charge in [-0.25, -0.2) is 5.10 Å². The van der Waals surface area contributed by atoms with Crippen LogP contribution in [-0.2, 0) is 0 Å². The number of aromatic hydroxyl groups is 1. The molecule has 0 aliphatic heterocycles. The molecule has 0 spiro atoms. The number of H-pyrrole nitrogens is 1. The van der Waals surface area contributed by atoms with Gasteiger partial charge in [0.15, 0.2) is 0 Å². The van der Waals surface area contributed by atoms with Crippen molar-refractivity contribution in [2.45, 2.75) is 13.8 Å². The highest BCUT2D eigenvalue weighted by Crippen LogP contribution is 2.25. The normalized spacial score (nSPS) is 10.2. The van der Waals surface area contributed by atoms with Gasteiger partial charge in [0.25, 0.3) is 11.5 Å². The molecule has 2 rings (SSSR count). The smallest absolute Gasteiger partial charge is 0.276 e. The lowest BCUT2D eigenvalue weighted by Crippen LogP contribution is -2.18. The molecule has 1 heterocycles. The van der Waals surface area contributed by atoms with Crippen molar-refractivity contribution in [3.63, 3.8) is 0 Å². The first-order valence-corrected chi connectivity index (χ1v) is 5.64. The largest absolute Gasteiger partial charge is 0.508 e. The van der Waals surface area contributed by atoms with Gasteiger partial charge in [0.1, 0.15) is 11.4 Å². The molecule has 2 aromatic rings. The summed E-state index contributed by atoms with van der Waals surface area (Å²) in [6.45, 7) is 3.51. The number of nitrogens with zero attached hydrogens (tertiary/aromatic N) is 1. The van der Waals surface area contributed by atoms with Crippen molar-refractivity contribution in [3.8, 4) is 5.75 Å². The maximum absolute atomic E-state index is 11.9. The van der Waals surface area contributed by atoms with Crippen LogP contribution in [0.2, 0.25) is 0 Å². The zero-order valence-corrected chi connectivity index (χ0v) is 10.5. The molecule has 0 saturated heterocycles. The molecule has 1 amide bonds. The van der Waals surface area contributed by atoms with E-state index in [4.69, 9.17) is 0 Å². The Hall–Kier alpha value is -2.63. The average molecular weight is 259 g/mol. The number of carbonyl (C=O) groups is 1. The lowest BCUT2D eigenvalue weighted by Gasteiger charge is -2.10. The maximum Gasteiger partial charge on any atom is 0.276 e. The third-order valence-electron chi connectivity index (χ3n) is 2.70. The summed E-state index contributed by atoms with van der Waals surface area (Å²) in [6.07, 6.45) is 0. The van der Waals surface area contributed by atoms with E-state index in [1.54, 1.807) is 26.0 Å². The molecule has 3 N–H and O–H groups in total. The van der Waals surface area contributed by atoms with E-state index in [1.165, 1.54) is 12.1 Å². The van der Waals surface area contributed by atoms with Crippen molar-refractivity contribution in [2.24, 2.45) is 0 Å². The van der Waals surface area contributed by atoms with Gasteiger partial charge in [-0.05, 0) is 43.2 Å². The van der Waals surface area contributed by atoms with Gasteiger partial charge < -0.3 is 10.4 Å². The Morgan fingerprint density at radius 2 is 2.00 bits per heavy atom. The van der Waals surface area contributed by atoms with Crippen LogP contribution in [0.5, 0.6) is 5.75 Å². The van der Waals surface area contributed by atoms with Crippen LogP contribution in [0.15, 0.2) is 29.1 Å². The van der Waals surface area contributed by atoms with E-state index in [-0.39, 0.29) is 17.0 Å². The summed E-state index contributed by atoms with van der Waals surface area (Å²) in [5.74, 6) is -0.248. The van der Waals surface area contributed by atoms with E-state index in [0.29, 0.717) is 11.3 Å². The van der Waals surface area contributed by atoms with Crippen molar-refractivity contribution in [3.05, 3.63) is 51.4 Å². The number of aromatic amines is 1. The number of hydrogen-bond donors (Lipinski definition) is 3. The Bertz CT molecular complexity index is 672. The lowest BCUT2D eigenvalue weighted by molar-refractivity contribution is 0.102. The predicted molar refractivity (Wildman–Crippen MR) is 70.4 cm³/mol. The topological polar surface area (TPSA) is 95.1 Å². The molecule has 0 unspecified atom stereocenters. The Morgan fingerprint density at radius 3 is 2.63 bits per heavy atom. The number of aromatic nitrogens is 2. The van der Waals surface area contributed by atoms with Crippen LogP contribution in [0.25, 0.3) is 0 Å². The molecule has 1 aromatic carbocycles. The van der Waals surface area contributed by atoms with Gasteiger partial charge in [0, 0.05) is 11.8 Å². The summed E-state index contributed by atoms with van der Waals surface area (Å²) in [4.78, 5) is 22.8. The second-order valence-electron chi connectivity index (χ2n) is 4.21. The molecular formula is C13H13N3O3. The molecule has 0 radical (unpaired) electrons.